The van der Waals surface area contributed by atoms with Crippen molar-refractivity contribution in [3.05, 3.63) is 84.2 Å². The Morgan fingerprint density at radius 2 is 1.70 bits per heavy atom. The van der Waals surface area contributed by atoms with E-state index in [1.54, 1.807) is 36.4 Å². The lowest BCUT2D eigenvalue weighted by atomic mass is 10.1. The molecule has 0 saturated heterocycles. The first-order valence-electron chi connectivity index (χ1n) is 8.88. The van der Waals surface area contributed by atoms with Gasteiger partial charge in [-0.2, -0.15) is 13.2 Å². The topological polar surface area (TPSA) is 63.5 Å². The monoisotopic (exact) mass is 431 g/mol. The summed E-state index contributed by atoms with van der Waals surface area (Å²) in [4.78, 5) is 4.46. The highest BCUT2D eigenvalue weighted by Gasteiger charge is 2.30. The molecule has 5 nitrogen and oxygen atoms in total. The molecule has 2 heterocycles. The summed E-state index contributed by atoms with van der Waals surface area (Å²) >= 11 is 0. The summed E-state index contributed by atoms with van der Waals surface area (Å²) in [6, 6.07) is 15.2. The van der Waals surface area contributed by atoms with Crippen LogP contribution in [0.2, 0.25) is 0 Å². The van der Waals surface area contributed by atoms with Crippen LogP contribution in [0.4, 0.5) is 18.9 Å². The molecule has 0 aliphatic heterocycles. The fourth-order valence-electron chi connectivity index (χ4n) is 2.97. The molecule has 0 amide bonds. The number of halogens is 3. The lowest BCUT2D eigenvalue weighted by molar-refractivity contribution is -0.137. The Bertz CT molecular complexity index is 1330. The lowest BCUT2D eigenvalue weighted by Gasteiger charge is -2.09. The number of alkyl halides is 3. The molecule has 4 aromatic rings. The molecule has 0 fully saturated rings. The van der Waals surface area contributed by atoms with Crippen molar-refractivity contribution in [1.82, 2.24) is 9.38 Å². The molecule has 0 atom stereocenters. The first-order chi connectivity index (χ1) is 14.1. The molecule has 0 unspecified atom stereocenters. The van der Waals surface area contributed by atoms with E-state index in [-0.39, 0.29) is 4.90 Å². The Balaban J connectivity index is 1.65. The number of pyridine rings is 1. The zero-order valence-electron chi connectivity index (χ0n) is 15.7. The first kappa shape index (κ1) is 20.0. The standard InChI is InChI=1S/C21H16F3N3O2S/c1-14-5-8-18(9-6-14)30(28,29)26-17-4-2-3-15(11-17)19-13-27-12-16(21(22,23)24)7-10-20(27)25-19/h2-13,26H,1H3. The molecule has 2 aromatic heterocycles. The highest BCUT2D eigenvalue weighted by atomic mass is 32.2. The average molecular weight is 431 g/mol. The second-order valence-electron chi connectivity index (χ2n) is 6.81. The van der Waals surface area contributed by atoms with Gasteiger partial charge < -0.3 is 4.40 Å². The Kier molecular flexibility index (Phi) is 4.77. The number of benzene rings is 2. The van der Waals surface area contributed by atoms with E-state index in [4.69, 9.17) is 0 Å². The van der Waals surface area contributed by atoms with Gasteiger partial charge in [-0.3, -0.25) is 4.72 Å². The van der Waals surface area contributed by atoms with Gasteiger partial charge in [-0.25, -0.2) is 13.4 Å². The summed E-state index contributed by atoms with van der Waals surface area (Å²) in [6.45, 7) is 1.86. The van der Waals surface area contributed by atoms with Crippen molar-refractivity contribution in [2.75, 3.05) is 4.72 Å². The number of aromatic nitrogens is 2. The quantitative estimate of drug-likeness (QED) is 0.487. The van der Waals surface area contributed by atoms with Gasteiger partial charge in [0.15, 0.2) is 0 Å². The van der Waals surface area contributed by atoms with Crippen molar-refractivity contribution in [3.63, 3.8) is 0 Å². The highest BCUT2D eigenvalue weighted by Crippen LogP contribution is 2.30. The number of hydrogen-bond donors (Lipinski definition) is 1. The van der Waals surface area contributed by atoms with E-state index in [1.807, 2.05) is 6.92 Å². The van der Waals surface area contributed by atoms with Crippen molar-refractivity contribution in [2.45, 2.75) is 18.0 Å². The van der Waals surface area contributed by atoms with Crippen molar-refractivity contribution < 1.29 is 21.6 Å². The summed E-state index contributed by atoms with van der Waals surface area (Å²) in [7, 11) is -3.78. The van der Waals surface area contributed by atoms with Gasteiger partial charge in [-0.05, 0) is 43.3 Å². The van der Waals surface area contributed by atoms with E-state index in [2.05, 4.69) is 9.71 Å². The number of nitrogens with one attached hydrogen (secondary N) is 1. The molecule has 154 valence electrons. The van der Waals surface area contributed by atoms with Gasteiger partial charge in [0, 0.05) is 23.6 Å². The van der Waals surface area contributed by atoms with Crippen LogP contribution in [0.25, 0.3) is 16.9 Å². The number of fused-ring (bicyclic) bond motifs is 1. The predicted molar refractivity (Wildman–Crippen MR) is 108 cm³/mol. The van der Waals surface area contributed by atoms with Crippen LogP contribution in [0.15, 0.2) is 78.0 Å². The maximum Gasteiger partial charge on any atom is 0.417 e. The first-order valence-corrected chi connectivity index (χ1v) is 10.4. The van der Waals surface area contributed by atoms with Crippen LogP contribution < -0.4 is 4.72 Å². The van der Waals surface area contributed by atoms with Crippen LogP contribution in [-0.4, -0.2) is 17.8 Å². The molecule has 0 aliphatic rings. The SMILES string of the molecule is Cc1ccc(S(=O)(=O)Nc2cccc(-c3cn4cc(C(F)(F)F)ccc4n3)c2)cc1. The number of anilines is 1. The second kappa shape index (κ2) is 7.17. The lowest BCUT2D eigenvalue weighted by Crippen LogP contribution is -2.12. The Hall–Kier alpha value is -3.33. The van der Waals surface area contributed by atoms with Crippen LogP contribution >= 0.6 is 0 Å². The third kappa shape index (κ3) is 4.02. The fourth-order valence-corrected chi connectivity index (χ4v) is 4.02. The Morgan fingerprint density at radius 1 is 0.967 bits per heavy atom. The van der Waals surface area contributed by atoms with Crippen LogP contribution in [0.5, 0.6) is 0 Å². The van der Waals surface area contributed by atoms with Gasteiger partial charge in [-0.15, -0.1) is 0 Å². The molecule has 0 radical (unpaired) electrons. The number of rotatable bonds is 4. The van der Waals surface area contributed by atoms with Gasteiger partial charge in [0.1, 0.15) is 5.65 Å². The molecule has 0 spiro atoms. The van der Waals surface area contributed by atoms with E-state index >= 15 is 0 Å². The number of hydrogen-bond acceptors (Lipinski definition) is 3. The van der Waals surface area contributed by atoms with Gasteiger partial charge in [0.05, 0.1) is 16.2 Å². The minimum absolute atomic E-state index is 0.130. The zero-order valence-corrected chi connectivity index (χ0v) is 16.5. The molecule has 0 saturated carbocycles. The third-order valence-electron chi connectivity index (χ3n) is 4.52. The van der Waals surface area contributed by atoms with Crippen molar-refractivity contribution >= 4 is 21.4 Å². The maximum atomic E-state index is 12.9. The second-order valence-corrected chi connectivity index (χ2v) is 8.49. The summed E-state index contributed by atoms with van der Waals surface area (Å²) in [6.07, 6.45) is -2.01. The smallest absolute Gasteiger partial charge is 0.306 e. The van der Waals surface area contributed by atoms with Gasteiger partial charge in [-0.1, -0.05) is 29.8 Å². The summed E-state index contributed by atoms with van der Waals surface area (Å²) in [5, 5.41) is 0. The number of imidazole rings is 1. The number of nitrogens with zero attached hydrogens (tertiary/aromatic N) is 2. The largest absolute Gasteiger partial charge is 0.417 e. The summed E-state index contributed by atoms with van der Waals surface area (Å²) in [5.74, 6) is 0. The molecule has 0 bridgehead atoms. The summed E-state index contributed by atoms with van der Waals surface area (Å²) in [5.41, 5.74) is 1.82. The number of sulfonamides is 1. The minimum atomic E-state index is -4.45. The molecule has 30 heavy (non-hydrogen) atoms. The Morgan fingerprint density at radius 3 is 2.40 bits per heavy atom. The normalized spacial score (nSPS) is 12.3. The van der Waals surface area contributed by atoms with Crippen molar-refractivity contribution in [2.24, 2.45) is 0 Å². The fraction of sp³-hybridized carbons (Fsp3) is 0.0952. The van der Waals surface area contributed by atoms with E-state index in [1.165, 1.54) is 28.8 Å². The zero-order chi connectivity index (χ0) is 21.5. The molecular weight excluding hydrogens is 415 g/mol. The van der Waals surface area contributed by atoms with E-state index in [9.17, 15) is 21.6 Å². The number of aryl methyl sites for hydroxylation is 1. The van der Waals surface area contributed by atoms with Crippen LogP contribution in [0.3, 0.4) is 0 Å². The van der Waals surface area contributed by atoms with Gasteiger partial charge in [0.25, 0.3) is 10.0 Å². The molecule has 9 heteroatoms. The molecule has 0 aliphatic carbocycles. The van der Waals surface area contributed by atoms with Crippen LogP contribution in [0, 0.1) is 6.92 Å². The highest BCUT2D eigenvalue weighted by molar-refractivity contribution is 7.92. The van der Waals surface area contributed by atoms with Crippen molar-refractivity contribution in [1.29, 1.82) is 0 Å². The Labute approximate surface area is 170 Å². The minimum Gasteiger partial charge on any atom is -0.306 e. The van der Waals surface area contributed by atoms with E-state index < -0.39 is 21.8 Å². The van der Waals surface area contributed by atoms with Crippen LogP contribution in [-0.2, 0) is 16.2 Å². The van der Waals surface area contributed by atoms with Gasteiger partial charge in [0.2, 0.25) is 0 Å². The maximum absolute atomic E-state index is 12.9. The summed E-state index contributed by atoms with van der Waals surface area (Å²) < 4.78 is 67.8. The van der Waals surface area contributed by atoms with E-state index in [0.717, 1.165) is 17.8 Å². The van der Waals surface area contributed by atoms with Crippen molar-refractivity contribution in [3.8, 4) is 11.3 Å². The molecule has 2 aromatic carbocycles. The van der Waals surface area contributed by atoms with E-state index in [0.29, 0.717) is 22.6 Å². The predicted octanol–water partition coefficient (Wildman–Crippen LogP) is 5.13. The average Bonchev–Trinajstić information content (AvgIpc) is 3.11. The third-order valence-corrected chi connectivity index (χ3v) is 5.92. The van der Waals surface area contributed by atoms with Gasteiger partial charge >= 0.3 is 6.18 Å². The molecule has 1 N–H and O–H groups in total. The molecule has 4 rings (SSSR count). The van der Waals surface area contributed by atoms with Crippen LogP contribution in [0.1, 0.15) is 11.1 Å². The molecular formula is C21H16F3N3O2S.